The number of aromatic nitrogens is 3. The second-order valence-corrected chi connectivity index (χ2v) is 4.64. The Balaban J connectivity index is 2.14. The van der Waals surface area contributed by atoms with Gasteiger partial charge < -0.3 is 10.5 Å². The number of pyridine rings is 1. The van der Waals surface area contributed by atoms with Crippen molar-refractivity contribution < 1.29 is 4.74 Å². The van der Waals surface area contributed by atoms with Gasteiger partial charge in [0.05, 0.1) is 12.7 Å². The molecule has 2 aromatic heterocycles. The summed E-state index contributed by atoms with van der Waals surface area (Å²) in [6.07, 6.45) is 3.00. The van der Waals surface area contributed by atoms with Crippen LogP contribution in [-0.2, 0) is 6.54 Å². The summed E-state index contributed by atoms with van der Waals surface area (Å²) in [6, 6.07) is 6.55. The Morgan fingerprint density at radius 3 is 3.00 bits per heavy atom. The molecule has 0 radical (unpaired) electrons. The molecule has 0 saturated carbocycles. The number of ether oxygens (including phenoxy) is 1. The molecule has 1 unspecified atom stereocenters. The van der Waals surface area contributed by atoms with Crippen LogP contribution in [0.5, 0.6) is 5.75 Å². The van der Waals surface area contributed by atoms with Gasteiger partial charge in [0.25, 0.3) is 5.56 Å². The van der Waals surface area contributed by atoms with E-state index in [9.17, 15) is 4.79 Å². The molecule has 2 heterocycles. The summed E-state index contributed by atoms with van der Waals surface area (Å²) >= 11 is 0. The van der Waals surface area contributed by atoms with Gasteiger partial charge in [-0.25, -0.2) is 9.67 Å². The number of rotatable bonds is 5. The van der Waals surface area contributed by atoms with Crippen LogP contribution < -0.4 is 16.0 Å². The molecule has 2 N–H and O–H groups in total. The lowest BCUT2D eigenvalue weighted by molar-refractivity contribution is 0.293. The summed E-state index contributed by atoms with van der Waals surface area (Å²) in [5.41, 5.74) is 6.37. The Morgan fingerprint density at radius 1 is 1.52 bits per heavy atom. The predicted octanol–water partition coefficient (Wildman–Crippen LogP) is 0.284. The zero-order valence-corrected chi connectivity index (χ0v) is 11.6. The molecule has 0 saturated heterocycles. The van der Waals surface area contributed by atoms with Gasteiger partial charge in [-0.1, -0.05) is 0 Å². The van der Waals surface area contributed by atoms with Crippen molar-refractivity contribution >= 4 is 0 Å². The van der Waals surface area contributed by atoms with Crippen molar-refractivity contribution in [3.8, 4) is 11.8 Å². The van der Waals surface area contributed by atoms with Gasteiger partial charge in [0, 0.05) is 18.3 Å². The third kappa shape index (κ3) is 4.12. The number of nitriles is 1. The first-order valence-corrected chi connectivity index (χ1v) is 6.39. The molecule has 0 aliphatic rings. The van der Waals surface area contributed by atoms with Gasteiger partial charge in [-0.15, -0.1) is 0 Å². The topological polar surface area (TPSA) is 107 Å². The van der Waals surface area contributed by atoms with E-state index in [0.29, 0.717) is 18.1 Å². The van der Waals surface area contributed by atoms with Crippen molar-refractivity contribution in [1.29, 1.82) is 5.26 Å². The van der Waals surface area contributed by atoms with Gasteiger partial charge in [-0.05, 0) is 24.6 Å². The van der Waals surface area contributed by atoms with Gasteiger partial charge in [0.2, 0.25) is 0 Å². The third-order valence-electron chi connectivity index (χ3n) is 2.63. The zero-order chi connectivity index (χ0) is 15.2. The minimum atomic E-state index is -0.285. The monoisotopic (exact) mass is 285 g/mol. The van der Waals surface area contributed by atoms with E-state index in [1.807, 2.05) is 13.0 Å². The molecular weight excluding hydrogens is 270 g/mol. The molecule has 2 aromatic rings. The average Bonchev–Trinajstić information content (AvgIpc) is 2.48. The summed E-state index contributed by atoms with van der Waals surface area (Å²) in [7, 11) is 0. The molecule has 108 valence electrons. The van der Waals surface area contributed by atoms with Crippen LogP contribution in [0.15, 0.2) is 35.4 Å². The van der Waals surface area contributed by atoms with Crippen LogP contribution in [0.2, 0.25) is 0 Å². The van der Waals surface area contributed by atoms with Crippen LogP contribution in [0.4, 0.5) is 0 Å². The SMILES string of the molecule is CC(N)COc1cnn(Cc2ccnc(C#N)c2)c(=O)c1. The lowest BCUT2D eigenvalue weighted by atomic mass is 10.2. The summed E-state index contributed by atoms with van der Waals surface area (Å²) in [4.78, 5) is 15.8. The molecule has 0 bridgehead atoms. The average molecular weight is 285 g/mol. The smallest absolute Gasteiger partial charge is 0.270 e. The van der Waals surface area contributed by atoms with Gasteiger partial charge in [-0.3, -0.25) is 4.79 Å². The number of nitrogens with zero attached hydrogens (tertiary/aromatic N) is 4. The molecule has 7 heteroatoms. The molecule has 0 amide bonds. The molecule has 21 heavy (non-hydrogen) atoms. The summed E-state index contributed by atoms with van der Waals surface area (Å²) in [5.74, 6) is 0.390. The summed E-state index contributed by atoms with van der Waals surface area (Å²) in [6.45, 7) is 2.40. The maximum Gasteiger partial charge on any atom is 0.270 e. The van der Waals surface area contributed by atoms with Crippen molar-refractivity contribution in [2.45, 2.75) is 19.5 Å². The lowest BCUT2D eigenvalue weighted by Crippen LogP contribution is -2.26. The number of hydrogen-bond acceptors (Lipinski definition) is 6. The Bertz CT molecular complexity index is 718. The number of hydrogen-bond donors (Lipinski definition) is 1. The Kier molecular flexibility index (Phi) is 4.64. The quantitative estimate of drug-likeness (QED) is 0.845. The van der Waals surface area contributed by atoms with E-state index in [4.69, 9.17) is 15.7 Å². The fraction of sp³-hybridized carbons (Fsp3) is 0.286. The Morgan fingerprint density at radius 2 is 2.33 bits per heavy atom. The number of nitrogens with two attached hydrogens (primary N) is 1. The molecule has 1 atom stereocenters. The van der Waals surface area contributed by atoms with Crippen molar-refractivity contribution in [2.75, 3.05) is 6.61 Å². The van der Waals surface area contributed by atoms with Crippen molar-refractivity contribution in [2.24, 2.45) is 5.73 Å². The predicted molar refractivity (Wildman–Crippen MR) is 75.7 cm³/mol. The van der Waals surface area contributed by atoms with E-state index < -0.39 is 0 Å². The van der Waals surface area contributed by atoms with Gasteiger partial charge in [-0.2, -0.15) is 10.4 Å². The highest BCUT2D eigenvalue weighted by atomic mass is 16.5. The van der Waals surface area contributed by atoms with Crippen molar-refractivity contribution in [3.05, 3.63) is 52.2 Å². The van der Waals surface area contributed by atoms with E-state index in [0.717, 1.165) is 5.56 Å². The van der Waals surface area contributed by atoms with Crippen LogP contribution in [-0.4, -0.2) is 27.4 Å². The Labute approximate surface area is 121 Å². The molecule has 0 aliphatic heterocycles. The normalized spacial score (nSPS) is 11.7. The van der Waals surface area contributed by atoms with E-state index in [1.54, 1.807) is 12.1 Å². The molecule has 0 spiro atoms. The summed E-state index contributed by atoms with van der Waals surface area (Å²) < 4.78 is 6.62. The van der Waals surface area contributed by atoms with E-state index >= 15 is 0 Å². The van der Waals surface area contributed by atoms with Gasteiger partial charge >= 0.3 is 0 Å². The highest BCUT2D eigenvalue weighted by molar-refractivity contribution is 5.25. The first-order valence-electron chi connectivity index (χ1n) is 6.39. The second kappa shape index (κ2) is 6.63. The Hall–Kier alpha value is -2.72. The third-order valence-corrected chi connectivity index (χ3v) is 2.63. The lowest BCUT2D eigenvalue weighted by Gasteiger charge is -2.09. The van der Waals surface area contributed by atoms with E-state index in [-0.39, 0.29) is 18.1 Å². The first-order chi connectivity index (χ1) is 10.1. The van der Waals surface area contributed by atoms with Crippen molar-refractivity contribution in [3.63, 3.8) is 0 Å². The van der Waals surface area contributed by atoms with Gasteiger partial charge in [0.1, 0.15) is 24.1 Å². The standard InChI is InChI=1S/C14H15N5O2/c1-10(16)9-21-13-5-14(20)19(18-7-13)8-11-2-3-17-12(4-11)6-15/h2-5,7,10H,8-9,16H2,1H3. The van der Waals surface area contributed by atoms with Crippen LogP contribution in [0.25, 0.3) is 0 Å². The maximum atomic E-state index is 12.0. The second-order valence-electron chi connectivity index (χ2n) is 4.64. The fourth-order valence-corrected chi connectivity index (χ4v) is 1.65. The largest absolute Gasteiger partial charge is 0.490 e. The minimum Gasteiger partial charge on any atom is -0.490 e. The molecule has 0 aliphatic carbocycles. The minimum absolute atomic E-state index is 0.117. The van der Waals surface area contributed by atoms with Gasteiger partial charge in [0.15, 0.2) is 0 Å². The molecule has 2 rings (SSSR count). The van der Waals surface area contributed by atoms with E-state index in [1.165, 1.54) is 23.1 Å². The molecule has 0 aromatic carbocycles. The van der Waals surface area contributed by atoms with Crippen LogP contribution >= 0.6 is 0 Å². The highest BCUT2D eigenvalue weighted by Gasteiger charge is 2.04. The first kappa shape index (κ1) is 14.7. The van der Waals surface area contributed by atoms with E-state index in [2.05, 4.69) is 10.1 Å². The molecular formula is C14H15N5O2. The fourth-order valence-electron chi connectivity index (χ4n) is 1.65. The van der Waals surface area contributed by atoms with Crippen LogP contribution in [0, 0.1) is 11.3 Å². The maximum absolute atomic E-state index is 12.0. The van der Waals surface area contributed by atoms with Crippen LogP contribution in [0.3, 0.4) is 0 Å². The molecule has 0 fully saturated rings. The van der Waals surface area contributed by atoms with Crippen molar-refractivity contribution in [1.82, 2.24) is 14.8 Å². The van der Waals surface area contributed by atoms with Crippen LogP contribution in [0.1, 0.15) is 18.2 Å². The summed E-state index contributed by atoms with van der Waals surface area (Å²) in [5, 5.41) is 12.8. The zero-order valence-electron chi connectivity index (χ0n) is 11.6. The highest BCUT2D eigenvalue weighted by Crippen LogP contribution is 2.06. The molecule has 7 nitrogen and oxygen atoms in total.